The first-order chi connectivity index (χ1) is 10.3. The first kappa shape index (κ1) is 15.1. The van der Waals surface area contributed by atoms with E-state index in [-0.39, 0.29) is 5.97 Å². The summed E-state index contributed by atoms with van der Waals surface area (Å²) < 4.78 is 6.78. The number of hydrogen-bond acceptors (Lipinski definition) is 6. The predicted molar refractivity (Wildman–Crippen MR) is 77.1 cm³/mol. The molecule has 0 radical (unpaired) electrons. The number of carbonyl (C=O) groups excluding carboxylic acids is 1. The van der Waals surface area contributed by atoms with Gasteiger partial charge in [0.25, 0.3) is 0 Å². The number of unbranched alkanes of at least 4 members (excludes halogenated alkanes) is 1. The number of nitrogens with two attached hydrogens (primary N) is 1. The van der Waals surface area contributed by atoms with E-state index in [1.807, 2.05) is 13.0 Å². The Kier molecular flexibility index (Phi) is 5.39. The Morgan fingerprint density at radius 2 is 2.29 bits per heavy atom. The van der Waals surface area contributed by atoms with Gasteiger partial charge in [0.2, 0.25) is 0 Å². The zero-order valence-corrected chi connectivity index (χ0v) is 12.0. The number of carbonyl (C=O) groups is 1. The number of rotatable bonds is 7. The van der Waals surface area contributed by atoms with Gasteiger partial charge in [-0.25, -0.2) is 4.79 Å². The van der Waals surface area contributed by atoms with E-state index in [0.29, 0.717) is 36.6 Å². The molecule has 0 saturated carbocycles. The van der Waals surface area contributed by atoms with Crippen LogP contribution in [0.5, 0.6) is 0 Å². The van der Waals surface area contributed by atoms with Crippen LogP contribution in [0.1, 0.15) is 35.9 Å². The van der Waals surface area contributed by atoms with Crippen LogP contribution >= 0.6 is 0 Å². The molecule has 0 amide bonds. The van der Waals surface area contributed by atoms with Gasteiger partial charge in [0.05, 0.1) is 17.9 Å². The predicted octanol–water partition coefficient (Wildman–Crippen LogP) is 1.12. The number of benzene rings is 1. The number of ether oxygens (including phenoxy) is 1. The van der Waals surface area contributed by atoms with E-state index in [4.69, 9.17) is 10.5 Å². The second-order valence-electron chi connectivity index (χ2n) is 4.59. The second-order valence-corrected chi connectivity index (χ2v) is 4.59. The van der Waals surface area contributed by atoms with Crippen molar-refractivity contribution in [2.24, 2.45) is 5.73 Å². The molecule has 2 aromatic rings. The Bertz CT molecular complexity index is 597. The van der Waals surface area contributed by atoms with E-state index < -0.39 is 0 Å². The summed E-state index contributed by atoms with van der Waals surface area (Å²) in [5.41, 5.74) is 6.73. The van der Waals surface area contributed by atoms with Crippen molar-refractivity contribution >= 4 is 5.97 Å². The van der Waals surface area contributed by atoms with Crippen molar-refractivity contribution in [2.75, 3.05) is 13.2 Å². The van der Waals surface area contributed by atoms with Crippen LogP contribution in [-0.2, 0) is 11.2 Å². The molecule has 0 bridgehead atoms. The fraction of sp³-hybridized carbons (Fsp3) is 0.429. The average molecular weight is 289 g/mol. The third-order valence-electron chi connectivity index (χ3n) is 2.96. The summed E-state index contributed by atoms with van der Waals surface area (Å²) in [6, 6.07) is 7.04. The van der Waals surface area contributed by atoms with Crippen molar-refractivity contribution in [3.05, 3.63) is 35.7 Å². The van der Waals surface area contributed by atoms with Crippen LogP contribution in [0.25, 0.3) is 5.69 Å². The van der Waals surface area contributed by atoms with Gasteiger partial charge < -0.3 is 10.5 Å². The molecule has 7 nitrogen and oxygen atoms in total. The molecule has 112 valence electrons. The molecule has 0 saturated heterocycles. The fourth-order valence-electron chi connectivity index (χ4n) is 1.85. The maximum absolute atomic E-state index is 11.9. The van der Waals surface area contributed by atoms with Gasteiger partial charge in [0.1, 0.15) is 0 Å². The highest BCUT2D eigenvalue weighted by atomic mass is 16.5. The van der Waals surface area contributed by atoms with Crippen molar-refractivity contribution in [2.45, 2.75) is 26.2 Å². The molecular formula is C14H19N5O2. The van der Waals surface area contributed by atoms with E-state index in [1.54, 1.807) is 22.9 Å². The van der Waals surface area contributed by atoms with Crippen molar-refractivity contribution in [1.29, 1.82) is 0 Å². The molecule has 0 aliphatic heterocycles. The van der Waals surface area contributed by atoms with E-state index in [0.717, 1.165) is 12.8 Å². The maximum Gasteiger partial charge on any atom is 0.338 e. The van der Waals surface area contributed by atoms with Crippen molar-refractivity contribution in [3.8, 4) is 5.69 Å². The average Bonchev–Trinajstić information content (AvgIpc) is 2.96. The monoisotopic (exact) mass is 289 g/mol. The molecule has 7 heteroatoms. The largest absolute Gasteiger partial charge is 0.462 e. The Hall–Kier alpha value is -2.28. The summed E-state index contributed by atoms with van der Waals surface area (Å²) in [7, 11) is 0. The van der Waals surface area contributed by atoms with E-state index in [1.165, 1.54) is 0 Å². The van der Waals surface area contributed by atoms with Gasteiger partial charge in [0, 0.05) is 6.42 Å². The van der Waals surface area contributed by atoms with E-state index in [9.17, 15) is 4.79 Å². The summed E-state index contributed by atoms with van der Waals surface area (Å²) in [6.45, 7) is 2.94. The van der Waals surface area contributed by atoms with Crippen molar-refractivity contribution in [3.63, 3.8) is 0 Å². The third-order valence-corrected chi connectivity index (χ3v) is 2.96. The topological polar surface area (TPSA) is 95.9 Å². The second kappa shape index (κ2) is 7.49. The minimum absolute atomic E-state index is 0.334. The molecule has 0 aliphatic rings. The van der Waals surface area contributed by atoms with Crippen molar-refractivity contribution in [1.82, 2.24) is 20.2 Å². The highest BCUT2D eigenvalue weighted by Gasteiger charge is 2.11. The number of aromatic nitrogens is 4. The molecule has 0 unspecified atom stereocenters. The first-order valence-electron chi connectivity index (χ1n) is 7.01. The lowest BCUT2D eigenvalue weighted by molar-refractivity contribution is 0.0499. The zero-order chi connectivity index (χ0) is 15.1. The number of tetrazole rings is 1. The maximum atomic E-state index is 11.9. The molecule has 2 N–H and O–H groups in total. The normalized spacial score (nSPS) is 10.6. The van der Waals surface area contributed by atoms with Crippen LogP contribution in [0.2, 0.25) is 0 Å². The zero-order valence-electron chi connectivity index (χ0n) is 12.0. The van der Waals surface area contributed by atoms with Gasteiger partial charge in [-0.1, -0.05) is 19.4 Å². The lowest BCUT2D eigenvalue weighted by atomic mass is 10.2. The van der Waals surface area contributed by atoms with Crippen LogP contribution < -0.4 is 5.73 Å². The number of hydrogen-bond donors (Lipinski definition) is 1. The van der Waals surface area contributed by atoms with Gasteiger partial charge in [-0.3, -0.25) is 0 Å². The standard InChI is InChI=1S/C14H19N5O2/c1-2-3-9-21-14(20)11-5-4-6-12(10-11)19-13(7-8-15)16-17-18-19/h4-6,10H,2-3,7-9,15H2,1H3. The third kappa shape index (κ3) is 3.85. The Morgan fingerprint density at radius 3 is 3.05 bits per heavy atom. The lowest BCUT2D eigenvalue weighted by Gasteiger charge is -2.07. The minimum Gasteiger partial charge on any atom is -0.462 e. The molecule has 1 aromatic carbocycles. The molecule has 0 spiro atoms. The summed E-state index contributed by atoms with van der Waals surface area (Å²) in [6.07, 6.45) is 2.41. The lowest BCUT2D eigenvalue weighted by Crippen LogP contribution is -2.11. The van der Waals surface area contributed by atoms with Crippen LogP contribution in [0, 0.1) is 0 Å². The van der Waals surface area contributed by atoms with Crippen LogP contribution in [0.15, 0.2) is 24.3 Å². The van der Waals surface area contributed by atoms with Crippen molar-refractivity contribution < 1.29 is 9.53 Å². The van der Waals surface area contributed by atoms with Crippen LogP contribution in [-0.4, -0.2) is 39.3 Å². The number of nitrogens with zero attached hydrogens (tertiary/aromatic N) is 4. The quantitative estimate of drug-likeness (QED) is 0.606. The van der Waals surface area contributed by atoms with Crippen LogP contribution in [0.3, 0.4) is 0 Å². The number of esters is 1. The molecule has 1 aromatic heterocycles. The summed E-state index contributed by atoms with van der Waals surface area (Å²) in [5, 5.41) is 11.5. The highest BCUT2D eigenvalue weighted by Crippen LogP contribution is 2.12. The molecular weight excluding hydrogens is 270 g/mol. The molecule has 0 aliphatic carbocycles. The summed E-state index contributed by atoms with van der Waals surface area (Å²) in [4.78, 5) is 11.9. The minimum atomic E-state index is -0.334. The first-order valence-corrected chi connectivity index (χ1v) is 7.01. The molecule has 2 rings (SSSR count). The van der Waals surface area contributed by atoms with Gasteiger partial charge in [0.15, 0.2) is 5.82 Å². The van der Waals surface area contributed by atoms with Gasteiger partial charge >= 0.3 is 5.97 Å². The smallest absolute Gasteiger partial charge is 0.338 e. The Balaban J connectivity index is 2.17. The van der Waals surface area contributed by atoms with Gasteiger partial charge in [-0.15, -0.1) is 5.10 Å². The van der Waals surface area contributed by atoms with E-state index >= 15 is 0 Å². The van der Waals surface area contributed by atoms with E-state index in [2.05, 4.69) is 15.5 Å². The molecule has 1 heterocycles. The fourth-order valence-corrected chi connectivity index (χ4v) is 1.85. The highest BCUT2D eigenvalue weighted by molar-refractivity contribution is 5.90. The SMILES string of the molecule is CCCCOC(=O)c1cccc(-n2nnnc2CCN)c1. The van der Waals surface area contributed by atoms with Gasteiger partial charge in [-0.2, -0.15) is 4.68 Å². The molecule has 0 atom stereocenters. The van der Waals surface area contributed by atoms with Crippen LogP contribution in [0.4, 0.5) is 0 Å². The molecule has 21 heavy (non-hydrogen) atoms. The summed E-state index contributed by atoms with van der Waals surface area (Å²) in [5.74, 6) is 0.327. The molecule has 0 fully saturated rings. The summed E-state index contributed by atoms with van der Waals surface area (Å²) >= 11 is 0. The van der Waals surface area contributed by atoms with Gasteiger partial charge in [-0.05, 0) is 41.6 Å². The Morgan fingerprint density at radius 1 is 1.43 bits per heavy atom. The Labute approximate surface area is 123 Å².